The molecule has 1 fully saturated rings. The largest absolute Gasteiger partial charge is 0.486 e. The highest BCUT2D eigenvalue weighted by Gasteiger charge is 2.24. The van der Waals surface area contributed by atoms with Crippen molar-refractivity contribution in [3.8, 4) is 21.9 Å². The maximum absolute atomic E-state index is 12.9. The number of thiophene rings is 1. The minimum atomic E-state index is 0.158. The van der Waals surface area contributed by atoms with Gasteiger partial charge in [-0.1, -0.05) is 6.92 Å². The third kappa shape index (κ3) is 4.12. The van der Waals surface area contributed by atoms with Crippen LogP contribution in [0.25, 0.3) is 10.4 Å². The second kappa shape index (κ2) is 8.31. The molecule has 0 bridgehead atoms. The van der Waals surface area contributed by atoms with E-state index in [1.165, 1.54) is 0 Å². The Morgan fingerprint density at radius 2 is 1.93 bits per heavy atom. The number of nitrogens with zero attached hydrogens (tertiary/aromatic N) is 1. The van der Waals surface area contributed by atoms with E-state index in [2.05, 4.69) is 12.2 Å². The van der Waals surface area contributed by atoms with Gasteiger partial charge in [-0.2, -0.15) is 0 Å². The van der Waals surface area contributed by atoms with Crippen LogP contribution in [0.4, 0.5) is 0 Å². The van der Waals surface area contributed by atoms with Crippen molar-refractivity contribution in [2.45, 2.75) is 19.8 Å². The van der Waals surface area contributed by atoms with Crippen LogP contribution in [-0.2, 0) is 0 Å². The second-order valence-corrected chi connectivity index (χ2v) is 8.15. The quantitative estimate of drug-likeness (QED) is 0.852. The first-order valence-electron chi connectivity index (χ1n) is 9.74. The Morgan fingerprint density at radius 3 is 2.70 bits per heavy atom. The molecule has 1 saturated heterocycles. The number of ether oxygens (including phenoxy) is 2. The molecule has 3 heterocycles. The van der Waals surface area contributed by atoms with Gasteiger partial charge < -0.3 is 19.7 Å². The van der Waals surface area contributed by atoms with Gasteiger partial charge in [-0.3, -0.25) is 4.79 Å². The normalized spacial score (nSPS) is 17.1. The van der Waals surface area contributed by atoms with Crippen molar-refractivity contribution < 1.29 is 14.3 Å². The fourth-order valence-corrected chi connectivity index (χ4v) is 4.62. The predicted molar refractivity (Wildman–Crippen MR) is 108 cm³/mol. The molecule has 1 amide bonds. The van der Waals surface area contributed by atoms with Gasteiger partial charge in [-0.25, -0.2) is 0 Å². The molecule has 6 heteroatoms. The first kappa shape index (κ1) is 18.3. The van der Waals surface area contributed by atoms with Crippen LogP contribution < -0.4 is 14.8 Å². The van der Waals surface area contributed by atoms with Crippen LogP contribution in [0.1, 0.15) is 29.4 Å². The summed E-state index contributed by atoms with van der Waals surface area (Å²) in [7, 11) is 0. The summed E-state index contributed by atoms with van der Waals surface area (Å²) in [5, 5.41) is 3.42. The molecule has 2 aliphatic heterocycles. The van der Waals surface area contributed by atoms with Gasteiger partial charge in [0.25, 0.3) is 5.91 Å². The zero-order valence-corrected chi connectivity index (χ0v) is 16.5. The maximum atomic E-state index is 12.9. The van der Waals surface area contributed by atoms with Crippen molar-refractivity contribution in [2.75, 3.05) is 39.4 Å². The molecule has 4 rings (SSSR count). The molecule has 1 aromatic carbocycles. The SMILES string of the molecule is CCNCC1CCN(C(=O)c2ccc(-c3ccc4c(c3)OCCO4)s2)CC1. The molecule has 0 radical (unpaired) electrons. The number of carbonyl (C=O) groups excluding carboxylic acids is 1. The summed E-state index contributed by atoms with van der Waals surface area (Å²) in [6.45, 7) is 7.08. The molecule has 0 aliphatic carbocycles. The Morgan fingerprint density at radius 1 is 1.15 bits per heavy atom. The number of piperidine rings is 1. The molecule has 27 heavy (non-hydrogen) atoms. The Kier molecular flexibility index (Phi) is 5.64. The molecular formula is C21H26N2O3S. The number of likely N-dealkylation sites (tertiary alicyclic amines) is 1. The lowest BCUT2D eigenvalue weighted by molar-refractivity contribution is 0.0695. The summed E-state index contributed by atoms with van der Waals surface area (Å²) in [4.78, 5) is 16.8. The summed E-state index contributed by atoms with van der Waals surface area (Å²) < 4.78 is 11.3. The molecular weight excluding hydrogens is 360 g/mol. The Balaban J connectivity index is 1.41. The van der Waals surface area contributed by atoms with E-state index >= 15 is 0 Å². The van der Waals surface area contributed by atoms with E-state index in [9.17, 15) is 4.79 Å². The van der Waals surface area contributed by atoms with Gasteiger partial charge in [-0.15, -0.1) is 11.3 Å². The van der Waals surface area contributed by atoms with Crippen molar-refractivity contribution in [1.29, 1.82) is 0 Å². The minimum Gasteiger partial charge on any atom is -0.486 e. The van der Waals surface area contributed by atoms with Gasteiger partial charge >= 0.3 is 0 Å². The van der Waals surface area contributed by atoms with Crippen molar-refractivity contribution in [3.63, 3.8) is 0 Å². The van der Waals surface area contributed by atoms with Crippen molar-refractivity contribution in [3.05, 3.63) is 35.2 Å². The lowest BCUT2D eigenvalue weighted by Crippen LogP contribution is -2.40. The Hall–Kier alpha value is -2.05. The first-order valence-corrected chi connectivity index (χ1v) is 10.6. The molecule has 0 saturated carbocycles. The molecule has 0 spiro atoms. The fraction of sp³-hybridized carbons (Fsp3) is 0.476. The Labute approximate surface area is 164 Å². The number of amides is 1. The van der Waals surface area contributed by atoms with E-state index in [1.54, 1.807) is 11.3 Å². The van der Waals surface area contributed by atoms with Crippen LogP contribution in [0.5, 0.6) is 11.5 Å². The molecule has 1 aromatic heterocycles. The van der Waals surface area contributed by atoms with E-state index in [-0.39, 0.29) is 5.91 Å². The molecule has 2 aromatic rings. The number of hydrogen-bond donors (Lipinski definition) is 1. The molecule has 0 unspecified atom stereocenters. The smallest absolute Gasteiger partial charge is 0.263 e. The van der Waals surface area contributed by atoms with Crippen LogP contribution in [0.3, 0.4) is 0 Å². The van der Waals surface area contributed by atoms with E-state index in [4.69, 9.17) is 9.47 Å². The topological polar surface area (TPSA) is 50.8 Å². The van der Waals surface area contributed by atoms with Crippen LogP contribution >= 0.6 is 11.3 Å². The number of benzene rings is 1. The second-order valence-electron chi connectivity index (χ2n) is 7.07. The number of nitrogens with one attached hydrogen (secondary N) is 1. The Bertz CT molecular complexity index is 796. The van der Waals surface area contributed by atoms with Crippen LogP contribution in [0, 0.1) is 5.92 Å². The van der Waals surface area contributed by atoms with Crippen molar-refractivity contribution >= 4 is 17.2 Å². The van der Waals surface area contributed by atoms with Crippen LogP contribution in [0.15, 0.2) is 30.3 Å². The minimum absolute atomic E-state index is 0.158. The lowest BCUT2D eigenvalue weighted by atomic mass is 9.96. The summed E-state index contributed by atoms with van der Waals surface area (Å²) in [6, 6.07) is 9.95. The third-order valence-corrected chi connectivity index (χ3v) is 6.35. The zero-order chi connectivity index (χ0) is 18.6. The average Bonchev–Trinajstić information content (AvgIpc) is 3.22. The van der Waals surface area contributed by atoms with Gasteiger partial charge in [0.15, 0.2) is 11.5 Å². The third-order valence-electron chi connectivity index (χ3n) is 5.23. The molecule has 144 valence electrons. The van der Waals surface area contributed by atoms with Crippen LogP contribution in [-0.4, -0.2) is 50.2 Å². The highest BCUT2D eigenvalue weighted by Crippen LogP contribution is 2.37. The van der Waals surface area contributed by atoms with Gasteiger partial charge in [0.1, 0.15) is 13.2 Å². The van der Waals surface area contributed by atoms with E-state index < -0.39 is 0 Å². The standard InChI is InChI=1S/C21H26N2O3S/c1-2-22-14-15-7-9-23(10-8-15)21(24)20-6-5-19(27-20)16-3-4-17-18(13-16)26-12-11-25-17/h3-6,13,15,22H,2,7-12,14H2,1H3. The number of rotatable bonds is 5. The van der Waals surface area contributed by atoms with Crippen molar-refractivity contribution in [2.24, 2.45) is 5.92 Å². The van der Waals surface area contributed by atoms with Gasteiger partial charge in [-0.05, 0) is 67.7 Å². The van der Waals surface area contributed by atoms with Crippen LogP contribution in [0.2, 0.25) is 0 Å². The number of carbonyl (C=O) groups is 1. The summed E-state index contributed by atoms with van der Waals surface area (Å²) in [6.07, 6.45) is 2.16. The highest BCUT2D eigenvalue weighted by atomic mass is 32.1. The summed E-state index contributed by atoms with van der Waals surface area (Å²) >= 11 is 1.55. The number of fused-ring (bicyclic) bond motifs is 1. The molecule has 2 aliphatic rings. The van der Waals surface area contributed by atoms with Gasteiger partial charge in [0.2, 0.25) is 0 Å². The lowest BCUT2D eigenvalue weighted by Gasteiger charge is -2.31. The first-order chi connectivity index (χ1) is 13.2. The average molecular weight is 387 g/mol. The van der Waals surface area contributed by atoms with E-state index in [0.717, 1.165) is 65.8 Å². The summed E-state index contributed by atoms with van der Waals surface area (Å²) in [5.41, 5.74) is 1.06. The molecule has 1 N–H and O–H groups in total. The zero-order valence-electron chi connectivity index (χ0n) is 15.7. The molecule has 0 atom stereocenters. The van der Waals surface area contributed by atoms with E-state index in [1.807, 2.05) is 35.2 Å². The number of hydrogen-bond acceptors (Lipinski definition) is 5. The van der Waals surface area contributed by atoms with E-state index in [0.29, 0.717) is 19.1 Å². The van der Waals surface area contributed by atoms with Crippen molar-refractivity contribution in [1.82, 2.24) is 10.2 Å². The fourth-order valence-electron chi connectivity index (χ4n) is 3.65. The summed E-state index contributed by atoms with van der Waals surface area (Å²) in [5.74, 6) is 2.41. The van der Waals surface area contributed by atoms with Gasteiger partial charge in [0.05, 0.1) is 4.88 Å². The predicted octanol–water partition coefficient (Wildman–Crippen LogP) is 3.65. The molecule has 5 nitrogen and oxygen atoms in total. The highest BCUT2D eigenvalue weighted by molar-refractivity contribution is 7.17. The maximum Gasteiger partial charge on any atom is 0.263 e. The van der Waals surface area contributed by atoms with Gasteiger partial charge in [0, 0.05) is 18.0 Å². The monoisotopic (exact) mass is 386 g/mol.